The minimum atomic E-state index is -0.846. The second-order valence-electron chi connectivity index (χ2n) is 4.20. The summed E-state index contributed by atoms with van der Waals surface area (Å²) in [7, 11) is 0. The van der Waals surface area contributed by atoms with Crippen LogP contribution in [0.5, 0.6) is 0 Å². The van der Waals surface area contributed by atoms with E-state index < -0.39 is 11.9 Å². The van der Waals surface area contributed by atoms with Gasteiger partial charge in [0, 0.05) is 19.2 Å². The van der Waals surface area contributed by atoms with Gasteiger partial charge in [-0.1, -0.05) is 6.92 Å². The fraction of sp³-hybridized carbons (Fsp3) is 0.462. The Balaban J connectivity index is 2.67. The Morgan fingerprint density at radius 2 is 2.26 bits per heavy atom. The van der Waals surface area contributed by atoms with Crippen molar-refractivity contribution in [2.24, 2.45) is 5.92 Å². The number of carboxylic acids is 1. The normalized spacial score (nSPS) is 11.7. The first-order valence-electron chi connectivity index (χ1n) is 6.12. The van der Waals surface area contributed by atoms with Gasteiger partial charge in [0.2, 0.25) is 0 Å². The van der Waals surface area contributed by atoms with Gasteiger partial charge in [0.15, 0.2) is 0 Å². The summed E-state index contributed by atoms with van der Waals surface area (Å²) < 4.78 is 4.93. The highest BCUT2D eigenvalue weighted by molar-refractivity contribution is 5.94. The van der Waals surface area contributed by atoms with E-state index in [1.165, 1.54) is 0 Å². The van der Waals surface area contributed by atoms with Crippen LogP contribution in [0.15, 0.2) is 18.3 Å². The predicted octanol–water partition coefficient (Wildman–Crippen LogP) is 1.78. The number of carboxylic acid groups (broad SMARTS) is 1. The molecule has 0 aliphatic rings. The fourth-order valence-corrected chi connectivity index (χ4v) is 1.56. The quantitative estimate of drug-likeness (QED) is 0.731. The Bertz CT molecular complexity index is 448. The second kappa shape index (κ2) is 7.35. The van der Waals surface area contributed by atoms with Gasteiger partial charge >= 0.3 is 11.9 Å². The zero-order valence-electron chi connectivity index (χ0n) is 11.0. The first-order valence-corrected chi connectivity index (χ1v) is 6.12. The van der Waals surface area contributed by atoms with Crippen molar-refractivity contribution >= 4 is 17.8 Å². The summed E-state index contributed by atoms with van der Waals surface area (Å²) in [6.07, 6.45) is 1.63. The van der Waals surface area contributed by atoms with E-state index in [9.17, 15) is 9.59 Å². The number of esters is 1. The van der Waals surface area contributed by atoms with Crippen molar-refractivity contribution in [2.45, 2.75) is 20.3 Å². The van der Waals surface area contributed by atoms with Crippen molar-refractivity contribution in [3.8, 4) is 0 Å². The predicted molar refractivity (Wildman–Crippen MR) is 70.1 cm³/mol. The molecule has 0 aliphatic heterocycles. The van der Waals surface area contributed by atoms with E-state index >= 15 is 0 Å². The lowest BCUT2D eigenvalue weighted by Crippen LogP contribution is -2.18. The van der Waals surface area contributed by atoms with Gasteiger partial charge in [0.05, 0.1) is 6.61 Å². The molecule has 0 aliphatic carbocycles. The fourth-order valence-electron chi connectivity index (χ4n) is 1.56. The van der Waals surface area contributed by atoms with Gasteiger partial charge in [-0.15, -0.1) is 0 Å². The molecule has 6 nitrogen and oxygen atoms in total. The van der Waals surface area contributed by atoms with Crippen LogP contribution in [0.4, 0.5) is 5.82 Å². The number of nitrogens with zero attached hydrogens (tertiary/aromatic N) is 1. The second-order valence-corrected chi connectivity index (χ2v) is 4.20. The summed E-state index contributed by atoms with van der Waals surface area (Å²) in [5.74, 6) is -0.933. The molecular weight excluding hydrogens is 248 g/mol. The minimum absolute atomic E-state index is 0.0606. The van der Waals surface area contributed by atoms with Crippen molar-refractivity contribution in [3.63, 3.8) is 0 Å². The molecule has 0 spiro atoms. The number of aromatic nitrogens is 1. The van der Waals surface area contributed by atoms with Crippen LogP contribution in [0.2, 0.25) is 0 Å². The third kappa shape index (κ3) is 4.95. The summed E-state index contributed by atoms with van der Waals surface area (Å²) in [6.45, 7) is 4.27. The number of ether oxygens (including phenoxy) is 1. The van der Waals surface area contributed by atoms with Gasteiger partial charge in [0.25, 0.3) is 0 Å². The van der Waals surface area contributed by atoms with E-state index in [2.05, 4.69) is 10.3 Å². The smallest absolute Gasteiger partial charge is 0.341 e. The monoisotopic (exact) mass is 266 g/mol. The largest absolute Gasteiger partial charge is 0.481 e. The number of aliphatic carboxylic acids is 1. The molecule has 19 heavy (non-hydrogen) atoms. The first-order chi connectivity index (χ1) is 9.04. The Morgan fingerprint density at radius 1 is 1.53 bits per heavy atom. The third-order valence-corrected chi connectivity index (χ3v) is 2.44. The van der Waals surface area contributed by atoms with Gasteiger partial charge in [-0.3, -0.25) is 4.79 Å². The highest BCUT2D eigenvalue weighted by Gasteiger charge is 2.14. The molecule has 2 N–H and O–H groups in total. The van der Waals surface area contributed by atoms with Gasteiger partial charge in [-0.2, -0.15) is 0 Å². The Labute approximate surface area is 111 Å². The molecule has 0 radical (unpaired) electrons. The molecule has 0 amide bonds. The van der Waals surface area contributed by atoms with E-state index in [4.69, 9.17) is 9.84 Å². The van der Waals surface area contributed by atoms with Crippen molar-refractivity contribution in [2.75, 3.05) is 18.5 Å². The van der Waals surface area contributed by atoms with Crippen LogP contribution in [0.1, 0.15) is 30.6 Å². The Hall–Kier alpha value is -2.11. The minimum Gasteiger partial charge on any atom is -0.481 e. The first kappa shape index (κ1) is 14.9. The van der Waals surface area contributed by atoms with Crippen LogP contribution in [-0.4, -0.2) is 35.2 Å². The van der Waals surface area contributed by atoms with Crippen molar-refractivity contribution in [3.05, 3.63) is 23.9 Å². The maximum absolute atomic E-state index is 11.7. The van der Waals surface area contributed by atoms with Crippen LogP contribution < -0.4 is 5.32 Å². The van der Waals surface area contributed by atoms with E-state index in [1.807, 2.05) is 6.92 Å². The lowest BCUT2D eigenvalue weighted by Gasteiger charge is -2.13. The molecule has 1 unspecified atom stereocenters. The van der Waals surface area contributed by atoms with Gasteiger partial charge in [-0.05, 0) is 25.0 Å². The number of carbonyl (C=O) groups is 2. The maximum Gasteiger partial charge on any atom is 0.341 e. The zero-order valence-corrected chi connectivity index (χ0v) is 11.0. The average Bonchev–Trinajstić information content (AvgIpc) is 2.36. The molecule has 6 heteroatoms. The number of hydrogen-bond donors (Lipinski definition) is 2. The van der Waals surface area contributed by atoms with Crippen molar-refractivity contribution < 1.29 is 19.4 Å². The SMILES string of the molecule is CCOC(=O)c1cccnc1NCC(C)CC(=O)O. The van der Waals surface area contributed by atoms with Crippen molar-refractivity contribution in [1.82, 2.24) is 4.98 Å². The summed E-state index contributed by atoms with van der Waals surface area (Å²) in [5.41, 5.74) is 0.354. The molecule has 1 atom stereocenters. The lowest BCUT2D eigenvalue weighted by molar-refractivity contribution is -0.137. The molecule has 0 saturated carbocycles. The molecular formula is C13H18N2O4. The van der Waals surface area contributed by atoms with Crippen LogP contribution in [0, 0.1) is 5.92 Å². The van der Waals surface area contributed by atoms with E-state index in [0.29, 0.717) is 24.5 Å². The number of carbonyl (C=O) groups excluding carboxylic acids is 1. The van der Waals surface area contributed by atoms with Crippen LogP contribution in [-0.2, 0) is 9.53 Å². The van der Waals surface area contributed by atoms with Crippen LogP contribution in [0.3, 0.4) is 0 Å². The van der Waals surface area contributed by atoms with Gasteiger partial charge in [-0.25, -0.2) is 9.78 Å². The van der Waals surface area contributed by atoms with E-state index in [-0.39, 0.29) is 12.3 Å². The summed E-state index contributed by atoms with van der Waals surface area (Å²) in [5, 5.41) is 11.7. The molecule has 1 aromatic heterocycles. The molecule has 1 rings (SSSR count). The summed E-state index contributed by atoms with van der Waals surface area (Å²) in [4.78, 5) is 26.3. The number of pyridine rings is 1. The molecule has 0 bridgehead atoms. The topological polar surface area (TPSA) is 88.5 Å². The summed E-state index contributed by atoms with van der Waals surface area (Å²) in [6, 6.07) is 3.27. The molecule has 1 aromatic rings. The molecule has 0 fully saturated rings. The highest BCUT2D eigenvalue weighted by atomic mass is 16.5. The Kier molecular flexibility index (Phi) is 5.78. The third-order valence-electron chi connectivity index (χ3n) is 2.44. The Morgan fingerprint density at radius 3 is 2.89 bits per heavy atom. The van der Waals surface area contributed by atoms with Gasteiger partial charge in [0.1, 0.15) is 11.4 Å². The number of anilines is 1. The highest BCUT2D eigenvalue weighted by Crippen LogP contribution is 2.14. The zero-order chi connectivity index (χ0) is 14.3. The number of hydrogen-bond acceptors (Lipinski definition) is 5. The molecule has 1 heterocycles. The van der Waals surface area contributed by atoms with Crippen LogP contribution in [0.25, 0.3) is 0 Å². The average molecular weight is 266 g/mol. The molecule has 104 valence electrons. The van der Waals surface area contributed by atoms with Gasteiger partial charge < -0.3 is 15.2 Å². The standard InChI is InChI=1S/C13H18N2O4/c1-3-19-13(18)10-5-4-6-14-12(10)15-8-9(2)7-11(16)17/h4-6,9H,3,7-8H2,1-2H3,(H,14,15)(H,16,17). The van der Waals surface area contributed by atoms with E-state index in [0.717, 1.165) is 0 Å². The number of nitrogens with one attached hydrogen (secondary N) is 1. The lowest BCUT2D eigenvalue weighted by atomic mass is 10.1. The summed E-state index contributed by atoms with van der Waals surface area (Å²) >= 11 is 0. The van der Waals surface area contributed by atoms with Crippen LogP contribution >= 0.6 is 0 Å². The molecule has 0 aromatic carbocycles. The van der Waals surface area contributed by atoms with Crippen molar-refractivity contribution in [1.29, 1.82) is 0 Å². The number of rotatable bonds is 7. The maximum atomic E-state index is 11.7. The van der Waals surface area contributed by atoms with E-state index in [1.54, 1.807) is 25.3 Å². The molecule has 0 saturated heterocycles.